The fraction of sp³-hybridized carbons (Fsp3) is 0.263. The van der Waals surface area contributed by atoms with Crippen molar-refractivity contribution in [2.24, 2.45) is 0 Å². The van der Waals surface area contributed by atoms with Gasteiger partial charge in [0.25, 0.3) is 0 Å². The molecule has 3 aromatic rings. The Balaban J connectivity index is 1.74. The Hall–Kier alpha value is -2.13. The summed E-state index contributed by atoms with van der Waals surface area (Å²) in [7, 11) is 0. The van der Waals surface area contributed by atoms with Crippen molar-refractivity contribution in [3.63, 3.8) is 0 Å². The van der Waals surface area contributed by atoms with Gasteiger partial charge in [-0.25, -0.2) is 4.39 Å². The topological polar surface area (TPSA) is 27.8 Å². The van der Waals surface area contributed by atoms with E-state index in [1.54, 1.807) is 12.1 Å². The summed E-state index contributed by atoms with van der Waals surface area (Å²) >= 11 is 0. The summed E-state index contributed by atoms with van der Waals surface area (Å²) in [5.41, 5.74) is 4.34. The Bertz CT molecular complexity index is 802. The number of nitrogens with one attached hydrogen (secondary N) is 2. The predicted octanol–water partition coefficient (Wildman–Crippen LogP) is 4.27. The molecule has 2 aromatic carbocycles. The minimum atomic E-state index is -0.196. The number of para-hydroxylation sites is 1. The maximum atomic E-state index is 13.6. The molecule has 112 valence electrons. The van der Waals surface area contributed by atoms with Gasteiger partial charge in [-0.2, -0.15) is 0 Å². The van der Waals surface area contributed by atoms with Gasteiger partial charge in [-0.05, 0) is 49.6 Å². The highest BCUT2D eigenvalue weighted by molar-refractivity contribution is 5.90. The first kappa shape index (κ1) is 13.5. The standard InChI is InChI=1S/C19H19FN2/c20-14-5-3-4-13(12-14)19-17(10-11-21-15-8-9-15)16-6-1-2-7-18(16)22-19/h1-7,12,15,21-22H,8-11H2. The van der Waals surface area contributed by atoms with E-state index in [4.69, 9.17) is 0 Å². The molecule has 2 nitrogen and oxygen atoms in total. The summed E-state index contributed by atoms with van der Waals surface area (Å²) in [6, 6.07) is 15.8. The number of aromatic amines is 1. The number of H-pyrrole nitrogens is 1. The Morgan fingerprint density at radius 2 is 1.95 bits per heavy atom. The van der Waals surface area contributed by atoms with Gasteiger partial charge in [0.05, 0.1) is 0 Å². The zero-order valence-electron chi connectivity index (χ0n) is 12.4. The van der Waals surface area contributed by atoms with Crippen LogP contribution in [0, 0.1) is 5.82 Å². The fourth-order valence-electron chi connectivity index (χ4n) is 3.04. The predicted molar refractivity (Wildman–Crippen MR) is 88.4 cm³/mol. The van der Waals surface area contributed by atoms with E-state index in [0.717, 1.165) is 29.7 Å². The number of halogens is 1. The molecule has 0 aliphatic heterocycles. The zero-order valence-corrected chi connectivity index (χ0v) is 12.4. The molecule has 1 aromatic heterocycles. The maximum Gasteiger partial charge on any atom is 0.123 e. The van der Waals surface area contributed by atoms with Crippen LogP contribution in [-0.2, 0) is 6.42 Å². The van der Waals surface area contributed by atoms with Gasteiger partial charge in [0.2, 0.25) is 0 Å². The van der Waals surface area contributed by atoms with Gasteiger partial charge in [0.1, 0.15) is 5.82 Å². The lowest BCUT2D eigenvalue weighted by Gasteiger charge is -2.06. The van der Waals surface area contributed by atoms with Crippen LogP contribution in [0.1, 0.15) is 18.4 Å². The molecule has 0 saturated heterocycles. The van der Waals surface area contributed by atoms with E-state index in [1.165, 1.54) is 29.9 Å². The summed E-state index contributed by atoms with van der Waals surface area (Å²) in [5.74, 6) is -0.196. The number of fused-ring (bicyclic) bond motifs is 1. The van der Waals surface area contributed by atoms with Crippen molar-refractivity contribution in [1.82, 2.24) is 10.3 Å². The second-order valence-electron chi connectivity index (χ2n) is 6.01. The lowest BCUT2D eigenvalue weighted by Crippen LogP contribution is -2.19. The van der Waals surface area contributed by atoms with E-state index in [0.29, 0.717) is 6.04 Å². The van der Waals surface area contributed by atoms with Gasteiger partial charge in [0.15, 0.2) is 0 Å². The molecule has 4 rings (SSSR count). The molecule has 3 heteroatoms. The number of hydrogen-bond acceptors (Lipinski definition) is 1. The Morgan fingerprint density at radius 1 is 1.09 bits per heavy atom. The van der Waals surface area contributed by atoms with Crippen molar-refractivity contribution < 1.29 is 4.39 Å². The summed E-state index contributed by atoms with van der Waals surface area (Å²) in [5, 5.41) is 4.80. The number of benzene rings is 2. The number of rotatable bonds is 5. The Labute approximate surface area is 129 Å². The quantitative estimate of drug-likeness (QED) is 0.722. The third-order valence-corrected chi connectivity index (χ3v) is 4.31. The molecule has 0 atom stereocenters. The van der Waals surface area contributed by atoms with Gasteiger partial charge in [-0.3, -0.25) is 0 Å². The van der Waals surface area contributed by atoms with Crippen LogP contribution in [0.4, 0.5) is 4.39 Å². The minimum absolute atomic E-state index is 0.196. The molecule has 0 radical (unpaired) electrons. The van der Waals surface area contributed by atoms with Crippen molar-refractivity contribution in [2.75, 3.05) is 6.54 Å². The molecular weight excluding hydrogens is 275 g/mol. The molecule has 2 N–H and O–H groups in total. The summed E-state index contributed by atoms with van der Waals surface area (Å²) < 4.78 is 13.6. The van der Waals surface area contributed by atoms with E-state index in [9.17, 15) is 4.39 Å². The number of hydrogen-bond donors (Lipinski definition) is 2. The van der Waals surface area contributed by atoms with Crippen molar-refractivity contribution in [2.45, 2.75) is 25.3 Å². The third kappa shape index (κ3) is 2.64. The first-order valence-electron chi connectivity index (χ1n) is 7.90. The van der Waals surface area contributed by atoms with E-state index < -0.39 is 0 Å². The Kier molecular flexibility index (Phi) is 3.43. The molecule has 22 heavy (non-hydrogen) atoms. The molecule has 1 saturated carbocycles. The largest absolute Gasteiger partial charge is 0.354 e. The molecule has 1 aliphatic rings. The monoisotopic (exact) mass is 294 g/mol. The van der Waals surface area contributed by atoms with Gasteiger partial charge in [0, 0.05) is 28.2 Å². The van der Waals surface area contributed by atoms with Crippen molar-refractivity contribution in [3.05, 3.63) is 59.9 Å². The van der Waals surface area contributed by atoms with Crippen LogP contribution in [0.5, 0.6) is 0 Å². The first-order valence-corrected chi connectivity index (χ1v) is 7.90. The Morgan fingerprint density at radius 3 is 2.77 bits per heavy atom. The van der Waals surface area contributed by atoms with Crippen LogP contribution in [-0.4, -0.2) is 17.6 Å². The van der Waals surface area contributed by atoms with Crippen LogP contribution < -0.4 is 5.32 Å². The van der Waals surface area contributed by atoms with Crippen LogP contribution in [0.25, 0.3) is 22.2 Å². The minimum Gasteiger partial charge on any atom is -0.354 e. The lowest BCUT2D eigenvalue weighted by molar-refractivity contribution is 0.628. The highest BCUT2D eigenvalue weighted by Gasteiger charge is 2.20. The average molecular weight is 294 g/mol. The van der Waals surface area contributed by atoms with Crippen molar-refractivity contribution >= 4 is 10.9 Å². The lowest BCUT2D eigenvalue weighted by atomic mass is 10.0. The highest BCUT2D eigenvalue weighted by Crippen LogP contribution is 2.31. The summed E-state index contributed by atoms with van der Waals surface area (Å²) in [6.45, 7) is 0.967. The molecule has 0 spiro atoms. The van der Waals surface area contributed by atoms with Gasteiger partial charge in [-0.1, -0.05) is 30.3 Å². The summed E-state index contributed by atoms with van der Waals surface area (Å²) in [4.78, 5) is 3.47. The van der Waals surface area contributed by atoms with E-state index in [-0.39, 0.29) is 5.82 Å². The molecule has 1 fully saturated rings. The van der Waals surface area contributed by atoms with Crippen molar-refractivity contribution in [3.8, 4) is 11.3 Å². The zero-order chi connectivity index (χ0) is 14.9. The number of aromatic nitrogens is 1. The molecule has 0 bridgehead atoms. The SMILES string of the molecule is Fc1cccc(-c2[nH]c3ccccc3c2CCNC2CC2)c1. The van der Waals surface area contributed by atoms with Crippen LogP contribution in [0.15, 0.2) is 48.5 Å². The fourth-order valence-corrected chi connectivity index (χ4v) is 3.04. The maximum absolute atomic E-state index is 13.6. The smallest absolute Gasteiger partial charge is 0.123 e. The van der Waals surface area contributed by atoms with Crippen LogP contribution in [0.2, 0.25) is 0 Å². The van der Waals surface area contributed by atoms with Gasteiger partial charge < -0.3 is 10.3 Å². The van der Waals surface area contributed by atoms with Crippen molar-refractivity contribution in [1.29, 1.82) is 0 Å². The molecular formula is C19H19FN2. The highest BCUT2D eigenvalue weighted by atomic mass is 19.1. The third-order valence-electron chi connectivity index (χ3n) is 4.31. The first-order chi connectivity index (χ1) is 10.8. The molecule has 0 unspecified atom stereocenters. The van der Waals surface area contributed by atoms with Crippen LogP contribution >= 0.6 is 0 Å². The second kappa shape index (κ2) is 5.58. The summed E-state index contributed by atoms with van der Waals surface area (Å²) in [6.07, 6.45) is 3.54. The van der Waals surface area contributed by atoms with E-state index in [1.807, 2.05) is 12.1 Å². The van der Waals surface area contributed by atoms with E-state index >= 15 is 0 Å². The normalized spacial score (nSPS) is 14.6. The average Bonchev–Trinajstić information content (AvgIpc) is 3.28. The van der Waals surface area contributed by atoms with Gasteiger partial charge >= 0.3 is 0 Å². The van der Waals surface area contributed by atoms with Gasteiger partial charge in [-0.15, -0.1) is 0 Å². The van der Waals surface area contributed by atoms with Crippen LogP contribution in [0.3, 0.4) is 0 Å². The molecule has 1 aliphatic carbocycles. The second-order valence-corrected chi connectivity index (χ2v) is 6.01. The van der Waals surface area contributed by atoms with E-state index in [2.05, 4.69) is 28.5 Å². The molecule has 0 amide bonds. The molecule has 1 heterocycles.